The van der Waals surface area contributed by atoms with Gasteiger partial charge in [0.25, 0.3) is 0 Å². The van der Waals surface area contributed by atoms with E-state index in [2.05, 4.69) is 34.9 Å². The largest absolute Gasteiger partial charge is 0.309 e. The molecule has 0 atom stereocenters. The highest BCUT2D eigenvalue weighted by Gasteiger charge is 2.21. The van der Waals surface area contributed by atoms with Crippen molar-refractivity contribution in [2.45, 2.75) is 0 Å². The van der Waals surface area contributed by atoms with Gasteiger partial charge in [0.1, 0.15) is 0 Å². The minimum absolute atomic E-state index is 0.395. The zero-order valence-electron chi connectivity index (χ0n) is 39.9. The van der Waals surface area contributed by atoms with Crippen LogP contribution < -0.4 is 0 Å². The van der Waals surface area contributed by atoms with Gasteiger partial charge in [0.05, 0.1) is 22.7 Å². The molecule has 11 heteroatoms. The Morgan fingerprint density at radius 1 is 0.267 bits per heavy atom. The molecule has 13 aromatic rings. The Hall–Kier alpha value is -10.7. The number of nitriles is 1. The van der Waals surface area contributed by atoms with E-state index >= 15 is 0 Å². The molecular formula is C64H39N11. The van der Waals surface area contributed by atoms with Gasteiger partial charge in [-0.1, -0.05) is 182 Å². The molecule has 4 aromatic heterocycles. The third-order valence-corrected chi connectivity index (χ3v) is 13.0. The lowest BCUT2D eigenvalue weighted by molar-refractivity contribution is 1.07. The molecule has 0 bridgehead atoms. The highest BCUT2D eigenvalue weighted by Crippen LogP contribution is 2.39. The van der Waals surface area contributed by atoms with Crippen LogP contribution in [0.4, 0.5) is 0 Å². The molecular weight excluding hydrogens is 923 g/mol. The van der Waals surface area contributed by atoms with Gasteiger partial charge in [0, 0.05) is 66.5 Å². The van der Waals surface area contributed by atoms with Crippen LogP contribution in [0.25, 0.3) is 130 Å². The van der Waals surface area contributed by atoms with Crippen LogP contribution in [0.5, 0.6) is 0 Å². The van der Waals surface area contributed by atoms with E-state index < -0.39 is 0 Å². The molecule has 0 fully saturated rings. The third kappa shape index (κ3) is 8.60. The average Bonchev–Trinajstić information content (AvgIpc) is 3.84. The molecule has 0 amide bonds. The van der Waals surface area contributed by atoms with Crippen molar-refractivity contribution >= 4 is 21.8 Å². The number of rotatable bonds is 10. The lowest BCUT2D eigenvalue weighted by atomic mass is 10.1. The zero-order valence-corrected chi connectivity index (χ0v) is 39.9. The molecule has 0 aliphatic heterocycles. The van der Waals surface area contributed by atoms with E-state index in [1.54, 1.807) is 0 Å². The molecule has 0 aliphatic carbocycles. The average molecular weight is 962 g/mol. The van der Waals surface area contributed by atoms with Gasteiger partial charge >= 0.3 is 0 Å². The first-order chi connectivity index (χ1) is 37.1. The summed E-state index contributed by atoms with van der Waals surface area (Å²) in [7, 11) is 0. The predicted octanol–water partition coefficient (Wildman–Crippen LogP) is 14.2. The van der Waals surface area contributed by atoms with E-state index in [1.807, 2.05) is 212 Å². The highest BCUT2D eigenvalue weighted by atomic mass is 15.1. The number of benzene rings is 9. The van der Waals surface area contributed by atoms with Crippen LogP contribution in [0.1, 0.15) is 5.56 Å². The van der Waals surface area contributed by atoms with Crippen molar-refractivity contribution in [2.24, 2.45) is 0 Å². The molecule has 0 saturated heterocycles. The maximum absolute atomic E-state index is 11.0. The van der Waals surface area contributed by atoms with Crippen molar-refractivity contribution < 1.29 is 0 Å². The number of nitrogens with zero attached hydrogens (tertiary/aromatic N) is 11. The standard InChI is InChI=1S/C64H39N11/c65-40-49-37-50(33-34-51(49)64-73-60(45-27-15-5-16-28-45)68-61(74-64)46-29-17-6-18-30-46)75-54-35-31-47(62-69-56(41-19-7-1-8-20-41)66-57(70-62)42-21-9-2-10-22-42)38-52(54)53-39-48(32-36-55(53)75)63-71-58(43-23-11-3-12-24-43)67-59(72-63)44-25-13-4-14-26-44/h1-39H. The number of hydrogen-bond acceptors (Lipinski definition) is 10. The van der Waals surface area contributed by atoms with Gasteiger partial charge in [-0.05, 0) is 54.6 Å². The highest BCUT2D eigenvalue weighted by molar-refractivity contribution is 6.11. The second kappa shape index (κ2) is 19.1. The topological polar surface area (TPSA) is 145 Å². The molecule has 0 N–H and O–H groups in total. The fraction of sp³-hybridized carbons (Fsp3) is 0. The lowest BCUT2D eigenvalue weighted by Crippen LogP contribution is -2.02. The molecule has 350 valence electrons. The first-order valence-corrected chi connectivity index (χ1v) is 24.3. The Bertz CT molecular complexity index is 3920. The minimum Gasteiger partial charge on any atom is -0.309 e. The number of fused-ring (bicyclic) bond motifs is 3. The van der Waals surface area contributed by atoms with Gasteiger partial charge in [-0.2, -0.15) is 5.26 Å². The van der Waals surface area contributed by atoms with Crippen LogP contribution in [0.3, 0.4) is 0 Å². The first-order valence-electron chi connectivity index (χ1n) is 24.3. The van der Waals surface area contributed by atoms with Crippen molar-refractivity contribution in [1.82, 2.24) is 49.4 Å². The second-order valence-electron chi connectivity index (χ2n) is 17.8. The van der Waals surface area contributed by atoms with Gasteiger partial charge in [-0.15, -0.1) is 0 Å². The van der Waals surface area contributed by atoms with Crippen molar-refractivity contribution in [3.63, 3.8) is 0 Å². The van der Waals surface area contributed by atoms with Crippen LogP contribution >= 0.6 is 0 Å². The monoisotopic (exact) mass is 961 g/mol. The Balaban J connectivity index is 1.01. The normalized spacial score (nSPS) is 11.2. The van der Waals surface area contributed by atoms with Crippen LogP contribution in [-0.4, -0.2) is 49.4 Å². The molecule has 9 aromatic carbocycles. The molecule has 0 spiro atoms. The summed E-state index contributed by atoms with van der Waals surface area (Å²) in [4.78, 5) is 45.1. The van der Waals surface area contributed by atoms with E-state index in [4.69, 9.17) is 44.9 Å². The fourth-order valence-corrected chi connectivity index (χ4v) is 9.34. The Morgan fingerprint density at radius 2 is 0.547 bits per heavy atom. The summed E-state index contributed by atoms with van der Waals surface area (Å²) < 4.78 is 2.18. The van der Waals surface area contributed by atoms with Gasteiger partial charge in [-0.3, -0.25) is 0 Å². The van der Waals surface area contributed by atoms with Crippen LogP contribution in [-0.2, 0) is 0 Å². The van der Waals surface area contributed by atoms with E-state index in [0.29, 0.717) is 63.5 Å². The third-order valence-electron chi connectivity index (χ3n) is 13.0. The van der Waals surface area contributed by atoms with Gasteiger partial charge < -0.3 is 4.57 Å². The second-order valence-corrected chi connectivity index (χ2v) is 17.8. The molecule has 0 radical (unpaired) electrons. The van der Waals surface area contributed by atoms with Gasteiger partial charge in [0.15, 0.2) is 52.4 Å². The summed E-state index contributed by atoms with van der Waals surface area (Å²) in [5.41, 5.74) is 10.3. The van der Waals surface area contributed by atoms with E-state index in [9.17, 15) is 5.26 Å². The smallest absolute Gasteiger partial charge is 0.165 e. The Morgan fingerprint density at radius 3 is 0.840 bits per heavy atom. The minimum atomic E-state index is 0.395. The molecule has 0 saturated carbocycles. The summed E-state index contributed by atoms with van der Waals surface area (Å²) >= 11 is 0. The van der Waals surface area contributed by atoms with Crippen molar-refractivity contribution in [3.05, 3.63) is 242 Å². The molecule has 13 rings (SSSR count). The fourth-order valence-electron chi connectivity index (χ4n) is 9.34. The summed E-state index contributed by atoms with van der Waals surface area (Å²) in [5.74, 6) is 4.73. The number of aromatic nitrogens is 10. The Kier molecular flexibility index (Phi) is 11.3. The van der Waals surface area contributed by atoms with Crippen LogP contribution in [0, 0.1) is 11.3 Å². The van der Waals surface area contributed by atoms with Crippen molar-refractivity contribution in [1.29, 1.82) is 5.26 Å². The van der Waals surface area contributed by atoms with Crippen molar-refractivity contribution in [2.75, 3.05) is 0 Å². The van der Waals surface area contributed by atoms with E-state index in [1.165, 1.54) is 0 Å². The summed E-state index contributed by atoms with van der Waals surface area (Å²) in [6.45, 7) is 0. The van der Waals surface area contributed by atoms with E-state index in [-0.39, 0.29) is 0 Å². The first kappa shape index (κ1) is 44.3. The van der Waals surface area contributed by atoms with Crippen molar-refractivity contribution in [3.8, 4) is 114 Å². The summed E-state index contributed by atoms with van der Waals surface area (Å²) in [6.07, 6.45) is 0. The molecule has 4 heterocycles. The molecule has 0 aliphatic rings. The zero-order chi connectivity index (χ0) is 50.1. The maximum atomic E-state index is 11.0. The molecule has 75 heavy (non-hydrogen) atoms. The van der Waals surface area contributed by atoms with E-state index in [0.717, 1.165) is 72.0 Å². The summed E-state index contributed by atoms with van der Waals surface area (Å²) in [5, 5.41) is 12.8. The van der Waals surface area contributed by atoms with Gasteiger partial charge in [0.2, 0.25) is 0 Å². The SMILES string of the molecule is N#Cc1cc(-n2c3ccc(-c4nc(-c5ccccc5)nc(-c5ccccc5)n4)cc3c3cc(-c4nc(-c5ccccc5)nc(-c5ccccc5)n4)ccc32)ccc1-c1nc(-c2ccccc2)nc(-c2ccccc2)n1. The maximum Gasteiger partial charge on any atom is 0.165 e. The molecule has 0 unspecified atom stereocenters. The quantitative estimate of drug-likeness (QED) is 0.130. The van der Waals surface area contributed by atoms with Crippen LogP contribution in [0.2, 0.25) is 0 Å². The van der Waals surface area contributed by atoms with Crippen LogP contribution in [0.15, 0.2) is 237 Å². The summed E-state index contributed by atoms with van der Waals surface area (Å²) in [6, 6.07) is 80.3. The Labute approximate surface area is 431 Å². The molecule has 11 nitrogen and oxygen atoms in total. The number of hydrogen-bond donors (Lipinski definition) is 0. The lowest BCUT2D eigenvalue weighted by Gasteiger charge is -2.13. The predicted molar refractivity (Wildman–Crippen MR) is 295 cm³/mol. The van der Waals surface area contributed by atoms with Gasteiger partial charge in [-0.25, -0.2) is 44.9 Å².